The molecule has 0 spiro atoms. The Morgan fingerprint density at radius 1 is 1.20 bits per heavy atom. The Bertz CT molecular complexity index is 146. The molecule has 0 saturated carbocycles. The Labute approximate surface area is 62.7 Å². The Balaban J connectivity index is 2.15. The fraction of sp³-hybridized carbons (Fsp3) is 0.778. The van der Waals surface area contributed by atoms with Gasteiger partial charge in [0.15, 0.2) is 0 Å². The molecule has 1 fully saturated rings. The average molecular weight is 137 g/mol. The van der Waals surface area contributed by atoms with E-state index in [-0.39, 0.29) is 0 Å². The van der Waals surface area contributed by atoms with Gasteiger partial charge in [0.25, 0.3) is 0 Å². The Morgan fingerprint density at radius 2 is 1.70 bits per heavy atom. The molecule has 0 radical (unpaired) electrons. The molecule has 2 atom stereocenters. The maximum Gasteiger partial charge on any atom is 0.0284 e. The van der Waals surface area contributed by atoms with Gasteiger partial charge in [-0.1, -0.05) is 19.1 Å². The van der Waals surface area contributed by atoms with Gasteiger partial charge in [0, 0.05) is 12.1 Å². The van der Waals surface area contributed by atoms with Gasteiger partial charge in [-0.2, -0.15) is 0 Å². The molecule has 2 heterocycles. The standard InChI is InChI=1S/C9H15N/c1-7-5-8-3-4-9(6-7)10(8)2/h3-4,7-9H,5-6H2,1-2H3/t8-,9-/m0/s1. The minimum atomic E-state index is 0.758. The summed E-state index contributed by atoms with van der Waals surface area (Å²) in [6, 6.07) is 1.52. The predicted molar refractivity (Wildman–Crippen MR) is 42.9 cm³/mol. The SMILES string of the molecule is CC1C[C@@H]2C=C[C@@H](C1)N2C. The largest absolute Gasteiger partial charge is 0.294 e. The normalized spacial score (nSPS) is 46.4. The van der Waals surface area contributed by atoms with Crippen LogP contribution in [0, 0.1) is 5.92 Å². The monoisotopic (exact) mass is 137 g/mol. The van der Waals surface area contributed by atoms with Gasteiger partial charge in [-0.05, 0) is 25.8 Å². The average Bonchev–Trinajstić information content (AvgIpc) is 2.20. The molecule has 2 rings (SSSR count). The molecule has 10 heavy (non-hydrogen) atoms. The minimum absolute atomic E-state index is 0.758. The van der Waals surface area contributed by atoms with Crippen LogP contribution in [-0.2, 0) is 0 Å². The smallest absolute Gasteiger partial charge is 0.0284 e. The van der Waals surface area contributed by atoms with Crippen LogP contribution in [0.2, 0.25) is 0 Å². The summed E-state index contributed by atoms with van der Waals surface area (Å²) in [5.74, 6) is 0.932. The molecule has 0 amide bonds. The first-order valence-electron chi connectivity index (χ1n) is 4.17. The number of fused-ring (bicyclic) bond motifs is 2. The number of likely N-dealkylation sites (N-methyl/N-ethyl adjacent to an activating group) is 1. The van der Waals surface area contributed by atoms with E-state index in [1.807, 2.05) is 0 Å². The van der Waals surface area contributed by atoms with Crippen LogP contribution in [0.5, 0.6) is 0 Å². The Morgan fingerprint density at radius 3 is 2.20 bits per heavy atom. The van der Waals surface area contributed by atoms with Crippen molar-refractivity contribution in [2.24, 2.45) is 5.92 Å². The lowest BCUT2D eigenvalue weighted by Gasteiger charge is -2.34. The molecule has 0 N–H and O–H groups in total. The maximum atomic E-state index is 2.49. The summed E-state index contributed by atoms with van der Waals surface area (Å²) < 4.78 is 0. The van der Waals surface area contributed by atoms with Gasteiger partial charge in [0.2, 0.25) is 0 Å². The minimum Gasteiger partial charge on any atom is -0.294 e. The summed E-state index contributed by atoms with van der Waals surface area (Å²) in [6.45, 7) is 2.36. The third-order valence-electron chi connectivity index (χ3n) is 2.89. The second-order valence-electron chi connectivity index (χ2n) is 3.76. The predicted octanol–water partition coefficient (Wildman–Crippen LogP) is 1.66. The fourth-order valence-electron chi connectivity index (χ4n) is 2.18. The highest BCUT2D eigenvalue weighted by atomic mass is 15.2. The van der Waals surface area contributed by atoms with Crippen molar-refractivity contribution in [2.75, 3.05) is 7.05 Å². The van der Waals surface area contributed by atoms with Crippen LogP contribution in [0.4, 0.5) is 0 Å². The zero-order valence-corrected chi connectivity index (χ0v) is 6.75. The molecule has 2 aliphatic rings. The molecule has 0 unspecified atom stereocenters. The van der Waals surface area contributed by atoms with Gasteiger partial charge in [0.1, 0.15) is 0 Å². The highest BCUT2D eigenvalue weighted by Crippen LogP contribution is 2.31. The second kappa shape index (κ2) is 2.09. The van der Waals surface area contributed by atoms with Gasteiger partial charge < -0.3 is 0 Å². The fourth-order valence-corrected chi connectivity index (χ4v) is 2.18. The van der Waals surface area contributed by atoms with Crippen molar-refractivity contribution >= 4 is 0 Å². The van der Waals surface area contributed by atoms with Crippen LogP contribution in [0.25, 0.3) is 0 Å². The van der Waals surface area contributed by atoms with Crippen molar-refractivity contribution < 1.29 is 0 Å². The van der Waals surface area contributed by atoms with Crippen molar-refractivity contribution in [1.29, 1.82) is 0 Å². The van der Waals surface area contributed by atoms with Crippen molar-refractivity contribution in [3.05, 3.63) is 12.2 Å². The van der Waals surface area contributed by atoms with E-state index in [2.05, 4.69) is 31.0 Å². The van der Waals surface area contributed by atoms with Crippen LogP contribution in [0.1, 0.15) is 19.8 Å². The number of hydrogen-bond acceptors (Lipinski definition) is 1. The second-order valence-corrected chi connectivity index (χ2v) is 3.76. The third-order valence-corrected chi connectivity index (χ3v) is 2.89. The molecule has 1 saturated heterocycles. The zero-order chi connectivity index (χ0) is 7.14. The topological polar surface area (TPSA) is 3.24 Å². The van der Waals surface area contributed by atoms with Crippen molar-refractivity contribution in [3.8, 4) is 0 Å². The molecule has 1 nitrogen and oxygen atoms in total. The summed E-state index contributed by atoms with van der Waals surface area (Å²) in [5.41, 5.74) is 0. The number of hydrogen-bond donors (Lipinski definition) is 0. The molecule has 0 aliphatic carbocycles. The number of nitrogens with zero attached hydrogens (tertiary/aromatic N) is 1. The third kappa shape index (κ3) is 0.807. The first-order chi connectivity index (χ1) is 4.77. The first-order valence-corrected chi connectivity index (χ1v) is 4.17. The van der Waals surface area contributed by atoms with E-state index in [1.54, 1.807) is 0 Å². The van der Waals surface area contributed by atoms with Gasteiger partial charge in [0.05, 0.1) is 0 Å². The maximum absolute atomic E-state index is 2.49. The quantitative estimate of drug-likeness (QED) is 0.459. The van der Waals surface area contributed by atoms with Crippen LogP contribution in [-0.4, -0.2) is 24.0 Å². The molecule has 2 aliphatic heterocycles. The lowest BCUT2D eigenvalue weighted by molar-refractivity contribution is 0.157. The lowest BCUT2D eigenvalue weighted by atomic mass is 9.92. The first kappa shape index (κ1) is 6.41. The molecular formula is C9H15N. The van der Waals surface area contributed by atoms with Gasteiger partial charge in [-0.25, -0.2) is 0 Å². The lowest BCUT2D eigenvalue weighted by Crippen LogP contribution is -2.39. The molecule has 1 heteroatoms. The van der Waals surface area contributed by atoms with Crippen molar-refractivity contribution in [3.63, 3.8) is 0 Å². The van der Waals surface area contributed by atoms with Gasteiger partial charge in [-0.15, -0.1) is 0 Å². The Hall–Kier alpha value is -0.300. The molecule has 0 aromatic rings. The van der Waals surface area contributed by atoms with Crippen molar-refractivity contribution in [2.45, 2.75) is 31.8 Å². The zero-order valence-electron chi connectivity index (χ0n) is 6.75. The van der Waals surface area contributed by atoms with E-state index in [4.69, 9.17) is 0 Å². The summed E-state index contributed by atoms with van der Waals surface area (Å²) in [6.07, 6.45) is 7.47. The summed E-state index contributed by atoms with van der Waals surface area (Å²) >= 11 is 0. The summed E-state index contributed by atoms with van der Waals surface area (Å²) in [7, 11) is 2.24. The van der Waals surface area contributed by atoms with Gasteiger partial charge >= 0.3 is 0 Å². The van der Waals surface area contributed by atoms with Crippen LogP contribution < -0.4 is 0 Å². The van der Waals surface area contributed by atoms with E-state index in [9.17, 15) is 0 Å². The molecule has 56 valence electrons. The highest BCUT2D eigenvalue weighted by Gasteiger charge is 2.32. The van der Waals surface area contributed by atoms with Gasteiger partial charge in [-0.3, -0.25) is 4.90 Å². The molecular weight excluding hydrogens is 122 g/mol. The van der Waals surface area contributed by atoms with E-state index in [0.29, 0.717) is 0 Å². The molecule has 0 aromatic heterocycles. The van der Waals surface area contributed by atoms with E-state index >= 15 is 0 Å². The van der Waals surface area contributed by atoms with Crippen LogP contribution >= 0.6 is 0 Å². The van der Waals surface area contributed by atoms with E-state index < -0.39 is 0 Å². The Kier molecular flexibility index (Phi) is 1.34. The highest BCUT2D eigenvalue weighted by molar-refractivity contribution is 5.12. The van der Waals surface area contributed by atoms with Crippen LogP contribution in [0.15, 0.2) is 12.2 Å². The molecule has 2 bridgehead atoms. The number of rotatable bonds is 0. The van der Waals surface area contributed by atoms with E-state index in [0.717, 1.165) is 18.0 Å². The summed E-state index contributed by atoms with van der Waals surface area (Å²) in [5, 5.41) is 0. The van der Waals surface area contributed by atoms with Crippen LogP contribution in [0.3, 0.4) is 0 Å². The summed E-state index contributed by atoms with van der Waals surface area (Å²) in [4.78, 5) is 2.49. The molecule has 0 aromatic carbocycles. The van der Waals surface area contributed by atoms with E-state index in [1.165, 1.54) is 12.8 Å². The van der Waals surface area contributed by atoms with Crippen molar-refractivity contribution in [1.82, 2.24) is 4.90 Å². The number of piperidine rings is 1.